The van der Waals surface area contributed by atoms with E-state index in [2.05, 4.69) is 5.09 Å². The summed E-state index contributed by atoms with van der Waals surface area (Å²) in [7, 11) is 1.51. The number of hydrogen-bond donors (Lipinski definition) is 1. The third-order valence-electron chi connectivity index (χ3n) is 1.77. The van der Waals surface area contributed by atoms with Crippen molar-refractivity contribution in [3.8, 4) is 5.75 Å². The van der Waals surface area contributed by atoms with Crippen molar-refractivity contribution in [2.24, 2.45) is 0 Å². The molecular formula is C10H15Cl2NO2PRbS. The Morgan fingerprint density at radius 1 is 1.33 bits per heavy atom. The van der Waals surface area contributed by atoms with E-state index in [0.717, 1.165) is 0 Å². The molecule has 0 saturated heterocycles. The van der Waals surface area contributed by atoms with Crippen molar-refractivity contribution in [2.75, 3.05) is 7.11 Å². The second-order valence-electron chi connectivity index (χ2n) is 3.63. The Kier molecular flexibility index (Phi) is 10.1. The van der Waals surface area contributed by atoms with E-state index in [1.807, 2.05) is 13.8 Å². The molecule has 0 amide bonds. The number of rotatable bonds is 5. The number of hydrogen-bond acceptors (Lipinski definition) is 3. The first kappa shape index (κ1) is 20.0. The molecule has 8 heteroatoms. The molecule has 0 saturated carbocycles. The summed E-state index contributed by atoms with van der Waals surface area (Å²) < 4.78 is 10.9. The van der Waals surface area contributed by atoms with E-state index in [4.69, 9.17) is 44.1 Å². The van der Waals surface area contributed by atoms with Crippen LogP contribution in [0.3, 0.4) is 0 Å². The van der Waals surface area contributed by atoms with Gasteiger partial charge in [-0.25, -0.2) is 5.09 Å². The summed E-state index contributed by atoms with van der Waals surface area (Å²) in [5.74, 6) is 0.467. The van der Waals surface area contributed by atoms with Crippen LogP contribution in [-0.2, 0) is 16.3 Å². The zero-order valence-corrected chi connectivity index (χ0v) is 13.0. The molecule has 1 rings (SSSR count). The normalized spacial score (nSPS) is 13.9. The summed E-state index contributed by atoms with van der Waals surface area (Å²) in [5, 5.41) is 4.04. The number of nitrogens with one attached hydrogen (secondary N) is 1. The van der Waals surface area contributed by atoms with Crippen molar-refractivity contribution >= 4 is 99.8 Å². The van der Waals surface area contributed by atoms with Gasteiger partial charge in [0.1, 0.15) is 5.75 Å². The fourth-order valence-corrected chi connectivity index (χ4v) is 3.77. The summed E-state index contributed by atoms with van der Waals surface area (Å²) in [4.78, 5) is 0. The Hall–Kier alpha value is 1.98. The molecule has 1 N–H and O–H groups in total. The van der Waals surface area contributed by atoms with Gasteiger partial charge in [0.15, 0.2) is 0 Å². The summed E-state index contributed by atoms with van der Waals surface area (Å²) in [6.07, 6.45) is 0. The Morgan fingerprint density at radius 2 is 1.94 bits per heavy atom. The monoisotopic (exact) mass is 399 g/mol. The fourth-order valence-electron chi connectivity index (χ4n) is 1.11. The van der Waals surface area contributed by atoms with Crippen molar-refractivity contribution in [1.29, 1.82) is 0 Å². The van der Waals surface area contributed by atoms with E-state index in [0.29, 0.717) is 15.8 Å². The molecule has 0 aromatic heterocycles. The van der Waals surface area contributed by atoms with Crippen LogP contribution in [0, 0.1) is 0 Å². The van der Waals surface area contributed by atoms with E-state index >= 15 is 0 Å². The molecule has 3 nitrogen and oxygen atoms in total. The van der Waals surface area contributed by atoms with Crippen LogP contribution in [0.2, 0.25) is 10.0 Å². The summed E-state index contributed by atoms with van der Waals surface area (Å²) in [6, 6.07) is 5.12. The van der Waals surface area contributed by atoms with Crippen molar-refractivity contribution in [1.82, 2.24) is 5.09 Å². The zero-order valence-electron chi connectivity index (χ0n) is 9.74. The van der Waals surface area contributed by atoms with Crippen LogP contribution < -0.4 is 9.61 Å². The zero-order chi connectivity index (χ0) is 13.1. The van der Waals surface area contributed by atoms with Gasteiger partial charge in [-0.05, 0) is 43.9 Å². The Bertz CT molecular complexity index is 448. The maximum atomic E-state index is 6.01. The SMILES string of the molecule is COP(=S)(NC(C)C)Oc1ccc(Cl)cc1Cl.[RbH]. The average Bonchev–Trinajstić information content (AvgIpc) is 2.21. The maximum absolute atomic E-state index is 6.01. The van der Waals surface area contributed by atoms with Gasteiger partial charge < -0.3 is 9.05 Å². The molecule has 1 aromatic carbocycles. The summed E-state index contributed by atoms with van der Waals surface area (Å²) >= 11 is 17.1. The fraction of sp³-hybridized carbons (Fsp3) is 0.400. The van der Waals surface area contributed by atoms with Crippen LogP contribution >= 0.6 is 29.8 Å². The molecule has 18 heavy (non-hydrogen) atoms. The molecule has 0 heterocycles. The molecule has 0 aliphatic rings. The topological polar surface area (TPSA) is 30.5 Å². The van der Waals surface area contributed by atoms with Crippen LogP contribution in [-0.4, -0.2) is 71.3 Å². The van der Waals surface area contributed by atoms with Crippen LogP contribution in [0.15, 0.2) is 18.2 Å². The quantitative estimate of drug-likeness (QED) is 0.765. The molecule has 0 fully saturated rings. The first-order valence-electron chi connectivity index (χ1n) is 4.94. The molecule has 0 radical (unpaired) electrons. The van der Waals surface area contributed by atoms with Gasteiger partial charge in [-0.2, -0.15) is 0 Å². The summed E-state index contributed by atoms with van der Waals surface area (Å²) in [5.41, 5.74) is 0. The Balaban J connectivity index is 0.00000289. The van der Waals surface area contributed by atoms with E-state index in [1.54, 1.807) is 18.2 Å². The molecule has 0 aliphatic heterocycles. The summed E-state index contributed by atoms with van der Waals surface area (Å²) in [6.45, 7) is 1.37. The van der Waals surface area contributed by atoms with Crippen LogP contribution in [0.4, 0.5) is 0 Å². The molecular weight excluding hydrogens is 386 g/mol. The molecule has 1 unspecified atom stereocenters. The van der Waals surface area contributed by atoms with E-state index in [9.17, 15) is 0 Å². The van der Waals surface area contributed by atoms with Crippen LogP contribution in [0.25, 0.3) is 0 Å². The van der Waals surface area contributed by atoms with Crippen molar-refractivity contribution in [3.63, 3.8) is 0 Å². The standard InChI is InChI=1S/C10H14Cl2NO2PS.Rb.H/c1-7(2)13-16(17,14-3)15-10-5-4-8(11)6-9(10)12;;/h4-7H,1-3H3,(H,13,17);;. The molecule has 0 aliphatic carbocycles. The average molecular weight is 401 g/mol. The first-order chi connectivity index (χ1) is 7.86. The van der Waals surface area contributed by atoms with E-state index in [1.165, 1.54) is 7.11 Å². The Labute approximate surface area is 172 Å². The second kappa shape index (κ2) is 9.09. The molecule has 0 spiro atoms. The first-order valence-corrected chi connectivity index (χ1v) is 8.34. The number of halogens is 2. The van der Waals surface area contributed by atoms with Crippen molar-refractivity contribution in [2.45, 2.75) is 19.9 Å². The van der Waals surface area contributed by atoms with Crippen molar-refractivity contribution < 1.29 is 9.05 Å². The molecule has 1 aromatic rings. The predicted molar refractivity (Wildman–Crippen MR) is 83.8 cm³/mol. The van der Waals surface area contributed by atoms with E-state index < -0.39 is 6.64 Å². The predicted octanol–water partition coefficient (Wildman–Crippen LogP) is 3.59. The minimum absolute atomic E-state index is 0. The minimum atomic E-state index is -2.56. The van der Waals surface area contributed by atoms with Gasteiger partial charge in [-0.1, -0.05) is 23.2 Å². The van der Waals surface area contributed by atoms with Gasteiger partial charge >= 0.3 is 64.8 Å². The van der Waals surface area contributed by atoms with Crippen LogP contribution in [0.1, 0.15) is 13.8 Å². The Morgan fingerprint density at radius 3 is 2.39 bits per heavy atom. The second-order valence-corrected chi connectivity index (χ2v) is 7.72. The van der Waals surface area contributed by atoms with Crippen molar-refractivity contribution in [3.05, 3.63) is 28.2 Å². The van der Waals surface area contributed by atoms with Gasteiger partial charge in [0.25, 0.3) is 0 Å². The van der Waals surface area contributed by atoms with Crippen LogP contribution in [0.5, 0.6) is 5.75 Å². The molecule has 98 valence electrons. The third kappa shape index (κ3) is 6.62. The van der Waals surface area contributed by atoms with Gasteiger partial charge in [0.05, 0.1) is 5.02 Å². The third-order valence-corrected chi connectivity index (χ3v) is 5.04. The van der Waals surface area contributed by atoms with E-state index in [-0.39, 0.29) is 64.2 Å². The van der Waals surface area contributed by atoms with Gasteiger partial charge in [0.2, 0.25) is 0 Å². The molecule has 1 atom stereocenters. The van der Waals surface area contributed by atoms with Gasteiger partial charge in [0, 0.05) is 18.2 Å². The molecule has 0 bridgehead atoms. The number of benzene rings is 1. The van der Waals surface area contributed by atoms with Gasteiger partial charge in [-0.3, -0.25) is 0 Å². The van der Waals surface area contributed by atoms with Gasteiger partial charge in [-0.15, -0.1) is 0 Å².